The Morgan fingerprint density at radius 1 is 0.935 bits per heavy atom. The molecule has 0 saturated carbocycles. The average Bonchev–Trinajstić information content (AvgIpc) is 2.72. The molecule has 0 spiro atoms. The molecule has 3 aromatic carbocycles. The van der Waals surface area contributed by atoms with Gasteiger partial charge in [0.2, 0.25) is 0 Å². The van der Waals surface area contributed by atoms with Gasteiger partial charge in [-0.05, 0) is 56.2 Å². The van der Waals surface area contributed by atoms with E-state index in [0.29, 0.717) is 0 Å². The highest BCUT2D eigenvalue weighted by molar-refractivity contribution is 7.92. The number of nitrogens with one attached hydrogen (secondary N) is 2. The number of hydrogen-bond donors (Lipinski definition) is 2. The number of halogens is 1. The van der Waals surface area contributed by atoms with E-state index in [0.717, 1.165) is 23.1 Å². The lowest BCUT2D eigenvalue weighted by Crippen LogP contribution is -2.28. The van der Waals surface area contributed by atoms with Gasteiger partial charge in [-0.25, -0.2) is 8.42 Å². The largest absolute Gasteiger partial charge is 0.345 e. The van der Waals surface area contributed by atoms with Gasteiger partial charge in [-0.1, -0.05) is 66.0 Å². The van der Waals surface area contributed by atoms with Gasteiger partial charge in [0.1, 0.15) is 0 Å². The van der Waals surface area contributed by atoms with Gasteiger partial charge < -0.3 is 5.32 Å². The molecule has 31 heavy (non-hydrogen) atoms. The molecule has 0 radical (unpaired) electrons. The lowest BCUT2D eigenvalue weighted by molar-refractivity contribution is 0.0935. The maximum Gasteiger partial charge on any atom is 0.261 e. The fraction of sp³-hybridized carbons (Fsp3) is 0.208. The number of carbonyl (C=O) groups is 1. The van der Waals surface area contributed by atoms with Crippen molar-refractivity contribution in [2.24, 2.45) is 0 Å². The normalized spacial score (nSPS) is 12.3. The zero-order chi connectivity index (χ0) is 22.6. The molecule has 1 atom stereocenters. The first kappa shape index (κ1) is 22.8. The van der Waals surface area contributed by atoms with Crippen molar-refractivity contribution in [1.29, 1.82) is 0 Å². The van der Waals surface area contributed by atoms with Crippen molar-refractivity contribution in [2.45, 2.75) is 38.1 Å². The second-order valence-electron chi connectivity index (χ2n) is 7.46. The number of sulfonamides is 1. The minimum Gasteiger partial charge on any atom is -0.345 e. The van der Waals surface area contributed by atoms with Crippen molar-refractivity contribution in [3.05, 3.63) is 94.0 Å². The molecule has 7 heteroatoms. The van der Waals surface area contributed by atoms with Gasteiger partial charge in [-0.15, -0.1) is 0 Å². The van der Waals surface area contributed by atoms with Crippen molar-refractivity contribution in [3.8, 4) is 0 Å². The van der Waals surface area contributed by atoms with Gasteiger partial charge in [-0.2, -0.15) is 0 Å². The van der Waals surface area contributed by atoms with Crippen LogP contribution in [-0.2, 0) is 10.0 Å². The molecule has 2 N–H and O–H groups in total. The van der Waals surface area contributed by atoms with E-state index < -0.39 is 10.0 Å². The van der Waals surface area contributed by atoms with Crippen molar-refractivity contribution in [2.75, 3.05) is 4.72 Å². The van der Waals surface area contributed by atoms with Gasteiger partial charge in [0.05, 0.1) is 27.2 Å². The summed E-state index contributed by atoms with van der Waals surface area (Å²) in [6.07, 6.45) is 0.723. The standard InChI is InChI=1S/C24H25ClN2O3S/c1-4-23(18-9-5-16(2)6-10-18)26-24(28)21-14-11-19(15-22(21)25)27-31(29,30)20-12-7-17(3)8-13-20/h5-15,23,27H,4H2,1-3H3,(H,26,28). The molecule has 162 valence electrons. The Morgan fingerprint density at radius 3 is 2.06 bits per heavy atom. The van der Waals surface area contributed by atoms with Crippen molar-refractivity contribution in [1.82, 2.24) is 5.32 Å². The molecule has 0 aliphatic heterocycles. The molecule has 0 bridgehead atoms. The number of amides is 1. The summed E-state index contributed by atoms with van der Waals surface area (Å²) >= 11 is 6.32. The molecular formula is C24H25ClN2O3S. The molecule has 0 aromatic heterocycles. The quantitative estimate of drug-likeness (QED) is 0.483. The van der Waals surface area contributed by atoms with Crippen molar-refractivity contribution >= 4 is 33.2 Å². The van der Waals surface area contributed by atoms with Gasteiger partial charge in [0.25, 0.3) is 15.9 Å². The molecule has 0 aliphatic rings. The first-order valence-corrected chi connectivity index (χ1v) is 11.8. The van der Waals surface area contributed by atoms with Crippen LogP contribution in [0.5, 0.6) is 0 Å². The molecular weight excluding hydrogens is 432 g/mol. The number of benzene rings is 3. The van der Waals surface area contributed by atoms with Crippen LogP contribution >= 0.6 is 11.6 Å². The van der Waals surface area contributed by atoms with Crippen LogP contribution in [0.4, 0.5) is 5.69 Å². The van der Waals surface area contributed by atoms with E-state index in [2.05, 4.69) is 10.0 Å². The molecule has 1 unspecified atom stereocenters. The molecule has 0 saturated heterocycles. The summed E-state index contributed by atoms with van der Waals surface area (Å²) in [5.41, 5.74) is 3.70. The summed E-state index contributed by atoms with van der Waals surface area (Å²) in [6, 6.07) is 18.9. The van der Waals surface area contributed by atoms with E-state index in [1.54, 1.807) is 12.1 Å². The molecule has 3 rings (SSSR count). The number of hydrogen-bond acceptors (Lipinski definition) is 3. The lowest BCUT2D eigenvalue weighted by Gasteiger charge is -2.18. The summed E-state index contributed by atoms with van der Waals surface area (Å²) in [5.74, 6) is -0.314. The average molecular weight is 457 g/mol. The summed E-state index contributed by atoms with van der Waals surface area (Å²) < 4.78 is 27.6. The van der Waals surface area contributed by atoms with Gasteiger partial charge in [-0.3, -0.25) is 9.52 Å². The van der Waals surface area contributed by atoms with Gasteiger partial charge in [0, 0.05) is 0 Å². The van der Waals surface area contributed by atoms with Gasteiger partial charge in [0.15, 0.2) is 0 Å². The monoisotopic (exact) mass is 456 g/mol. The molecule has 1 amide bonds. The molecule has 0 heterocycles. The van der Waals surface area contributed by atoms with Gasteiger partial charge >= 0.3 is 0 Å². The predicted molar refractivity (Wildman–Crippen MR) is 125 cm³/mol. The Morgan fingerprint density at radius 2 is 1.52 bits per heavy atom. The minimum atomic E-state index is -3.75. The SMILES string of the molecule is CCC(NC(=O)c1ccc(NS(=O)(=O)c2ccc(C)cc2)cc1Cl)c1ccc(C)cc1. The topological polar surface area (TPSA) is 75.3 Å². The number of carbonyl (C=O) groups excluding carboxylic acids is 1. The van der Waals surface area contributed by atoms with E-state index in [4.69, 9.17) is 11.6 Å². The molecule has 3 aromatic rings. The Hall–Kier alpha value is -2.83. The first-order valence-electron chi connectivity index (χ1n) is 9.96. The van der Waals surface area contributed by atoms with Crippen LogP contribution in [0, 0.1) is 13.8 Å². The van der Waals surface area contributed by atoms with E-state index in [1.807, 2.05) is 45.0 Å². The van der Waals surface area contributed by atoms with Crippen LogP contribution in [0.15, 0.2) is 71.6 Å². The highest BCUT2D eigenvalue weighted by Gasteiger charge is 2.18. The minimum absolute atomic E-state index is 0.149. The number of anilines is 1. The maximum absolute atomic E-state index is 12.8. The third-order valence-corrected chi connectivity index (χ3v) is 6.70. The zero-order valence-corrected chi connectivity index (χ0v) is 19.2. The summed E-state index contributed by atoms with van der Waals surface area (Å²) in [7, 11) is -3.75. The number of rotatable bonds is 7. The zero-order valence-electron chi connectivity index (χ0n) is 17.6. The lowest BCUT2D eigenvalue weighted by atomic mass is 10.0. The first-order chi connectivity index (χ1) is 14.7. The van der Waals surface area contributed by atoms with Crippen molar-refractivity contribution < 1.29 is 13.2 Å². The Labute approximate surface area is 188 Å². The summed E-state index contributed by atoms with van der Waals surface area (Å²) in [4.78, 5) is 12.9. The Balaban J connectivity index is 1.75. The maximum atomic E-state index is 12.8. The molecule has 5 nitrogen and oxygen atoms in total. The van der Waals surface area contributed by atoms with E-state index >= 15 is 0 Å². The fourth-order valence-electron chi connectivity index (χ4n) is 3.15. The van der Waals surface area contributed by atoms with E-state index in [-0.39, 0.29) is 33.1 Å². The highest BCUT2D eigenvalue weighted by Crippen LogP contribution is 2.25. The van der Waals surface area contributed by atoms with Crippen LogP contribution in [-0.4, -0.2) is 14.3 Å². The van der Waals surface area contributed by atoms with E-state index in [9.17, 15) is 13.2 Å². The van der Waals surface area contributed by atoms with Crippen molar-refractivity contribution in [3.63, 3.8) is 0 Å². The second-order valence-corrected chi connectivity index (χ2v) is 9.55. The predicted octanol–water partition coefficient (Wildman–Crippen LogP) is 5.64. The highest BCUT2D eigenvalue weighted by atomic mass is 35.5. The molecule has 0 aliphatic carbocycles. The Kier molecular flexibility index (Phi) is 7.03. The van der Waals surface area contributed by atoms with Crippen LogP contribution in [0.2, 0.25) is 5.02 Å². The van der Waals surface area contributed by atoms with Crippen LogP contribution in [0.1, 0.15) is 46.4 Å². The number of aryl methyl sites for hydroxylation is 2. The smallest absolute Gasteiger partial charge is 0.261 e. The van der Waals surface area contributed by atoms with E-state index in [1.165, 1.54) is 30.3 Å². The van der Waals surface area contributed by atoms with Crippen LogP contribution in [0.3, 0.4) is 0 Å². The van der Waals surface area contributed by atoms with Crippen LogP contribution < -0.4 is 10.0 Å². The fourth-order valence-corrected chi connectivity index (χ4v) is 4.47. The molecule has 0 fully saturated rings. The second kappa shape index (κ2) is 9.54. The summed E-state index contributed by atoms with van der Waals surface area (Å²) in [5, 5.41) is 3.16. The Bertz CT molecular complexity index is 1170. The third kappa shape index (κ3) is 5.66. The van der Waals surface area contributed by atoms with Crippen LogP contribution in [0.25, 0.3) is 0 Å². The summed E-state index contributed by atoms with van der Waals surface area (Å²) in [6.45, 7) is 5.89. The third-order valence-electron chi connectivity index (χ3n) is 4.99.